The number of aliphatic hydroxyl groups is 2. The highest BCUT2D eigenvalue weighted by Crippen LogP contribution is 2.52. The molecule has 0 saturated carbocycles. The minimum atomic E-state index is -1.20. The number of benzene rings is 2. The Morgan fingerprint density at radius 1 is 1.15 bits per heavy atom. The maximum atomic E-state index is 13.9. The second-order valence-corrected chi connectivity index (χ2v) is 9.80. The molecule has 1 aliphatic rings. The van der Waals surface area contributed by atoms with E-state index in [1.54, 1.807) is 30.0 Å². The summed E-state index contributed by atoms with van der Waals surface area (Å²) in [6.45, 7) is 2.96. The lowest BCUT2D eigenvalue weighted by Gasteiger charge is -2.52. The molecule has 2 aromatic carbocycles. The largest absolute Gasteiger partial charge is 0.481 e. The number of nitrogens with zero attached hydrogens (tertiary/aromatic N) is 1. The zero-order valence-electron chi connectivity index (χ0n) is 18.6. The third-order valence-corrected chi connectivity index (χ3v) is 7.03. The number of halogens is 2. The number of rotatable bonds is 8. The van der Waals surface area contributed by atoms with Gasteiger partial charge in [-0.25, -0.2) is 0 Å². The van der Waals surface area contributed by atoms with E-state index in [1.165, 1.54) is 0 Å². The van der Waals surface area contributed by atoms with Gasteiger partial charge in [0.1, 0.15) is 0 Å². The summed E-state index contributed by atoms with van der Waals surface area (Å²) in [4.78, 5) is 27.2. The van der Waals surface area contributed by atoms with Crippen molar-refractivity contribution in [3.63, 3.8) is 0 Å². The van der Waals surface area contributed by atoms with Gasteiger partial charge in [-0.15, -0.1) is 0 Å². The summed E-state index contributed by atoms with van der Waals surface area (Å²) in [5.74, 6) is -1.73. The second kappa shape index (κ2) is 10.4. The van der Waals surface area contributed by atoms with Crippen molar-refractivity contribution in [3.05, 3.63) is 69.7 Å². The molecule has 5 atom stereocenters. The van der Waals surface area contributed by atoms with Crippen molar-refractivity contribution in [2.24, 2.45) is 5.41 Å². The van der Waals surface area contributed by atoms with Crippen LogP contribution in [-0.4, -0.2) is 50.8 Å². The number of carbonyl (C=O) groups is 2. The predicted molar refractivity (Wildman–Crippen MR) is 127 cm³/mol. The zero-order valence-corrected chi connectivity index (χ0v) is 20.1. The quantitative estimate of drug-likeness (QED) is 0.496. The molecule has 0 aliphatic carbocycles. The van der Waals surface area contributed by atoms with Crippen LogP contribution in [-0.2, 0) is 9.59 Å². The first-order valence-corrected chi connectivity index (χ1v) is 11.7. The Bertz CT molecular complexity index is 999. The van der Waals surface area contributed by atoms with E-state index in [0.29, 0.717) is 16.5 Å². The fourth-order valence-corrected chi connectivity index (χ4v) is 5.35. The summed E-state index contributed by atoms with van der Waals surface area (Å²) in [5, 5.41) is 31.1. The number of likely N-dealkylation sites (tertiary alicyclic amines) is 1. The normalized spacial score (nSPS) is 25.0. The van der Waals surface area contributed by atoms with Gasteiger partial charge in [0, 0.05) is 16.0 Å². The van der Waals surface area contributed by atoms with Crippen LogP contribution >= 0.6 is 23.2 Å². The molecule has 3 rings (SSSR count). The lowest BCUT2D eigenvalue weighted by Crippen LogP contribution is -2.59. The molecule has 33 heavy (non-hydrogen) atoms. The van der Waals surface area contributed by atoms with Crippen LogP contribution in [0, 0.1) is 5.41 Å². The SMILES string of the molecule is CC[C@@H]([C@H](O)CO)N1C(=O)[C@@](C)(CC(=O)O)CC(c2cccc(Cl)c2)[C@H]1c1ccc(Cl)cc1. The molecule has 1 saturated heterocycles. The van der Waals surface area contributed by atoms with Gasteiger partial charge in [-0.3, -0.25) is 9.59 Å². The molecule has 0 aromatic heterocycles. The number of carboxylic acid groups (broad SMARTS) is 1. The van der Waals surface area contributed by atoms with Gasteiger partial charge < -0.3 is 20.2 Å². The number of aliphatic hydroxyl groups excluding tert-OH is 2. The van der Waals surface area contributed by atoms with Gasteiger partial charge in [0.05, 0.1) is 36.6 Å². The van der Waals surface area contributed by atoms with Crippen LogP contribution in [0.2, 0.25) is 10.0 Å². The summed E-state index contributed by atoms with van der Waals surface area (Å²) >= 11 is 12.4. The minimum Gasteiger partial charge on any atom is -0.481 e. The molecule has 0 radical (unpaired) electrons. The number of carbonyl (C=O) groups excluding carboxylic acids is 1. The average molecular weight is 494 g/mol. The molecule has 1 heterocycles. The topological polar surface area (TPSA) is 98.1 Å². The Labute approximate surface area is 203 Å². The minimum absolute atomic E-state index is 0.286. The van der Waals surface area contributed by atoms with Crippen molar-refractivity contribution >= 4 is 35.1 Å². The van der Waals surface area contributed by atoms with Gasteiger partial charge in [0.2, 0.25) is 5.91 Å². The summed E-state index contributed by atoms with van der Waals surface area (Å²) < 4.78 is 0. The molecule has 0 bridgehead atoms. The molecule has 1 amide bonds. The lowest BCUT2D eigenvalue weighted by molar-refractivity contribution is -0.164. The first kappa shape index (κ1) is 25.5. The van der Waals surface area contributed by atoms with Gasteiger partial charge in [0.15, 0.2) is 0 Å². The smallest absolute Gasteiger partial charge is 0.304 e. The number of hydrogen-bond donors (Lipinski definition) is 3. The third-order valence-electron chi connectivity index (χ3n) is 6.54. The highest BCUT2D eigenvalue weighted by atomic mass is 35.5. The van der Waals surface area contributed by atoms with Crippen LogP contribution in [0.3, 0.4) is 0 Å². The highest BCUT2D eigenvalue weighted by Gasteiger charge is 2.53. The van der Waals surface area contributed by atoms with Crippen LogP contribution in [0.4, 0.5) is 0 Å². The number of hydrogen-bond acceptors (Lipinski definition) is 4. The Morgan fingerprint density at radius 3 is 2.36 bits per heavy atom. The molecule has 1 aliphatic heterocycles. The van der Waals surface area contributed by atoms with Crippen LogP contribution in [0.25, 0.3) is 0 Å². The third kappa shape index (κ3) is 5.35. The van der Waals surface area contributed by atoms with E-state index in [0.717, 1.165) is 11.1 Å². The zero-order chi connectivity index (χ0) is 24.3. The summed E-state index contributed by atoms with van der Waals surface area (Å²) in [6.07, 6.45) is -0.865. The van der Waals surface area contributed by atoms with Gasteiger partial charge in [-0.05, 0) is 48.2 Å². The van der Waals surface area contributed by atoms with Crippen LogP contribution in [0.5, 0.6) is 0 Å². The van der Waals surface area contributed by atoms with Crippen molar-refractivity contribution in [2.45, 2.75) is 57.2 Å². The number of carboxylic acids is 1. The van der Waals surface area contributed by atoms with Crippen LogP contribution < -0.4 is 0 Å². The monoisotopic (exact) mass is 493 g/mol. The first-order valence-electron chi connectivity index (χ1n) is 11.0. The van der Waals surface area contributed by atoms with E-state index in [2.05, 4.69) is 0 Å². The summed E-state index contributed by atoms with van der Waals surface area (Å²) in [6, 6.07) is 13.3. The van der Waals surface area contributed by atoms with Crippen molar-refractivity contribution in [3.8, 4) is 0 Å². The van der Waals surface area contributed by atoms with E-state index in [4.69, 9.17) is 23.2 Å². The molecule has 178 valence electrons. The number of aliphatic carboxylic acids is 1. The maximum Gasteiger partial charge on any atom is 0.304 e. The van der Waals surface area contributed by atoms with E-state index in [-0.39, 0.29) is 24.7 Å². The van der Waals surface area contributed by atoms with Crippen molar-refractivity contribution in [1.29, 1.82) is 0 Å². The molecule has 8 heteroatoms. The number of piperidine rings is 1. The standard InChI is InChI=1S/C25H29Cl2NO5/c1-3-20(21(30)14-29)28-23(15-7-9-17(26)10-8-15)19(16-5-4-6-18(27)11-16)12-25(2,24(28)33)13-22(31)32/h4-11,19-21,23,29-30H,3,12-14H2,1-2H3,(H,31,32)/t19?,20-,21+,23+,25+/m0/s1. The van der Waals surface area contributed by atoms with Gasteiger partial charge in [-0.1, -0.05) is 61.3 Å². The van der Waals surface area contributed by atoms with E-state index in [9.17, 15) is 24.9 Å². The van der Waals surface area contributed by atoms with E-state index >= 15 is 0 Å². The first-order chi connectivity index (χ1) is 15.6. The van der Waals surface area contributed by atoms with Gasteiger partial charge in [0.25, 0.3) is 0 Å². The Morgan fingerprint density at radius 2 is 1.82 bits per heavy atom. The Balaban J connectivity index is 2.25. The Hall–Kier alpha value is -2.12. The predicted octanol–water partition coefficient (Wildman–Crippen LogP) is 4.66. The van der Waals surface area contributed by atoms with Crippen molar-refractivity contribution in [2.75, 3.05) is 6.61 Å². The summed E-state index contributed by atoms with van der Waals surface area (Å²) in [7, 11) is 0. The number of amides is 1. The molecule has 2 aromatic rings. The second-order valence-electron chi connectivity index (χ2n) is 8.93. The fraction of sp³-hybridized carbons (Fsp3) is 0.440. The van der Waals surface area contributed by atoms with Crippen molar-refractivity contribution < 1.29 is 24.9 Å². The average Bonchev–Trinajstić information content (AvgIpc) is 2.77. The van der Waals surface area contributed by atoms with E-state index in [1.807, 2.05) is 37.3 Å². The van der Waals surface area contributed by atoms with E-state index < -0.39 is 36.2 Å². The fourth-order valence-electron chi connectivity index (χ4n) is 5.02. The molecular formula is C25H29Cl2NO5. The summed E-state index contributed by atoms with van der Waals surface area (Å²) in [5.41, 5.74) is 0.466. The van der Waals surface area contributed by atoms with Crippen LogP contribution in [0.1, 0.15) is 56.2 Å². The Kier molecular flexibility index (Phi) is 8.06. The van der Waals surface area contributed by atoms with Crippen LogP contribution in [0.15, 0.2) is 48.5 Å². The molecule has 3 N–H and O–H groups in total. The highest BCUT2D eigenvalue weighted by molar-refractivity contribution is 6.30. The maximum absolute atomic E-state index is 13.9. The van der Waals surface area contributed by atoms with Gasteiger partial charge >= 0.3 is 5.97 Å². The van der Waals surface area contributed by atoms with Crippen molar-refractivity contribution in [1.82, 2.24) is 4.90 Å². The molecule has 6 nitrogen and oxygen atoms in total. The van der Waals surface area contributed by atoms with Gasteiger partial charge in [-0.2, -0.15) is 0 Å². The lowest BCUT2D eigenvalue weighted by atomic mass is 9.67. The molecule has 1 unspecified atom stereocenters. The molecule has 1 fully saturated rings. The molecular weight excluding hydrogens is 465 g/mol. The molecule has 0 spiro atoms.